The van der Waals surface area contributed by atoms with E-state index in [1.165, 1.54) is 16.7 Å². The molecule has 5 N–H and O–H groups in total. The second kappa shape index (κ2) is 8.55. The number of nitrogens with one attached hydrogen (secondary N) is 1. The maximum atomic E-state index is 12.8. The minimum Gasteiger partial charge on any atom is -0.477 e. The molecule has 0 radical (unpaired) electrons. The average molecular weight is 477 g/mol. The van der Waals surface area contributed by atoms with Gasteiger partial charge >= 0.3 is 5.97 Å². The molecule has 2 aromatic heterocycles. The van der Waals surface area contributed by atoms with Crippen LogP contribution in [-0.2, 0) is 21.4 Å². The number of carboxylic acids is 1. The highest BCUT2D eigenvalue weighted by molar-refractivity contribution is 8.03. The number of β-lactam (4-membered cyclic amide) rings is 1. The van der Waals surface area contributed by atoms with Crippen LogP contribution in [0.1, 0.15) is 18.7 Å². The number of aliphatic carboxylic acids is 1. The molecule has 2 atom stereocenters. The van der Waals surface area contributed by atoms with Gasteiger partial charge in [0, 0.05) is 22.5 Å². The summed E-state index contributed by atoms with van der Waals surface area (Å²) >= 11 is 2.12. The molecular formula is C18H18N7O5S2+. The van der Waals surface area contributed by atoms with E-state index in [0.29, 0.717) is 17.7 Å². The minimum absolute atomic E-state index is 0.0837. The van der Waals surface area contributed by atoms with E-state index in [2.05, 4.69) is 19.8 Å². The number of amides is 2. The smallest absolute Gasteiger partial charge is 0.353 e. The van der Waals surface area contributed by atoms with Gasteiger partial charge in [-0.2, -0.15) is 9.36 Å². The molecule has 2 aliphatic rings. The van der Waals surface area contributed by atoms with Gasteiger partial charge in [0.15, 0.2) is 17.5 Å². The van der Waals surface area contributed by atoms with Crippen LogP contribution in [0.5, 0.6) is 0 Å². The molecule has 4 rings (SSSR count). The number of thioether (sulfide) groups is 1. The number of carboxylic acid groups (broad SMARTS) is 1. The van der Waals surface area contributed by atoms with Crippen molar-refractivity contribution < 1.29 is 29.3 Å². The molecule has 32 heavy (non-hydrogen) atoms. The number of nitrogens with two attached hydrogens (primary N) is 1. The van der Waals surface area contributed by atoms with Gasteiger partial charge < -0.3 is 21.4 Å². The van der Waals surface area contributed by atoms with Crippen molar-refractivity contribution in [3.63, 3.8) is 0 Å². The molecule has 0 aliphatic carbocycles. The summed E-state index contributed by atoms with van der Waals surface area (Å²) in [6.45, 7) is 0. The number of pyridine rings is 1. The molecule has 12 nitrogen and oxygen atoms in total. The third-order valence-electron chi connectivity index (χ3n) is 5.00. The number of rotatable bonds is 6. The predicted octanol–water partition coefficient (Wildman–Crippen LogP) is -0.299. The summed E-state index contributed by atoms with van der Waals surface area (Å²) in [7, 11) is 1.86. The number of nitrogen functional groups attached to an aromatic ring is 1. The second-order valence-electron chi connectivity index (χ2n) is 7.05. The number of nitrogens with zero attached hydrogens (tertiary/aromatic N) is 5. The zero-order valence-electron chi connectivity index (χ0n) is 16.6. The van der Waals surface area contributed by atoms with Gasteiger partial charge in [0.25, 0.3) is 11.8 Å². The predicted molar refractivity (Wildman–Crippen MR) is 113 cm³/mol. The number of carbonyl (C=O) groups excluding carboxylic acids is 2. The maximum absolute atomic E-state index is 12.8. The van der Waals surface area contributed by atoms with Crippen molar-refractivity contribution in [1.82, 2.24) is 19.6 Å². The first-order valence-corrected chi connectivity index (χ1v) is 10.9. The van der Waals surface area contributed by atoms with Crippen molar-refractivity contribution in [2.45, 2.75) is 29.8 Å². The first-order valence-electron chi connectivity index (χ1n) is 9.35. The van der Waals surface area contributed by atoms with Gasteiger partial charge in [-0.25, -0.2) is 9.36 Å². The van der Waals surface area contributed by atoms with Gasteiger partial charge in [0.1, 0.15) is 18.8 Å². The Morgan fingerprint density at radius 1 is 1.47 bits per heavy atom. The number of fused-ring (bicyclic) bond motifs is 1. The van der Waals surface area contributed by atoms with Gasteiger partial charge in [0.05, 0.1) is 10.9 Å². The Morgan fingerprint density at radius 2 is 2.25 bits per heavy atom. The number of carbonyl (C=O) groups is 3. The fourth-order valence-electron chi connectivity index (χ4n) is 3.62. The number of hydrogen-bond acceptors (Lipinski definition) is 10. The van der Waals surface area contributed by atoms with Crippen molar-refractivity contribution in [2.75, 3.05) is 5.73 Å². The Kier molecular flexibility index (Phi) is 5.80. The Hall–Kier alpha value is -3.52. The van der Waals surface area contributed by atoms with Crippen molar-refractivity contribution in [1.29, 1.82) is 0 Å². The van der Waals surface area contributed by atoms with Crippen LogP contribution in [0.2, 0.25) is 0 Å². The van der Waals surface area contributed by atoms with E-state index >= 15 is 0 Å². The first kappa shape index (κ1) is 21.7. The lowest BCUT2D eigenvalue weighted by molar-refractivity contribution is -0.673. The Bertz CT molecular complexity index is 1180. The van der Waals surface area contributed by atoms with E-state index in [0.717, 1.165) is 16.4 Å². The number of oxime groups is 1. The molecule has 1 fully saturated rings. The highest BCUT2D eigenvalue weighted by Gasteiger charge is 2.54. The molecule has 0 spiro atoms. The maximum Gasteiger partial charge on any atom is 0.353 e. The Morgan fingerprint density at radius 3 is 2.88 bits per heavy atom. The molecule has 0 unspecified atom stereocenters. The molecule has 1 saturated heterocycles. The van der Waals surface area contributed by atoms with Crippen LogP contribution in [-0.4, -0.2) is 60.2 Å². The number of allylic oxidation sites excluding steroid dienone is 1. The van der Waals surface area contributed by atoms with Gasteiger partial charge in [-0.3, -0.25) is 14.5 Å². The van der Waals surface area contributed by atoms with Crippen LogP contribution < -0.4 is 15.6 Å². The van der Waals surface area contributed by atoms with Crippen LogP contribution >= 0.6 is 23.3 Å². The fourth-order valence-corrected chi connectivity index (χ4v) is 5.21. The van der Waals surface area contributed by atoms with Crippen LogP contribution in [0, 0.1) is 0 Å². The molecule has 0 bridgehead atoms. The summed E-state index contributed by atoms with van der Waals surface area (Å²) < 4.78 is 5.67. The average Bonchev–Trinajstić information content (AvgIpc) is 3.17. The topological polar surface area (TPSA) is 175 Å². The van der Waals surface area contributed by atoms with E-state index < -0.39 is 35.6 Å². The van der Waals surface area contributed by atoms with E-state index in [4.69, 9.17) is 5.73 Å². The normalized spacial score (nSPS) is 20.6. The summed E-state index contributed by atoms with van der Waals surface area (Å²) in [6.07, 6.45) is 4.61. The molecule has 166 valence electrons. The third kappa shape index (κ3) is 3.89. The first-order chi connectivity index (χ1) is 15.3. The lowest BCUT2D eigenvalue weighted by Crippen LogP contribution is -2.72. The summed E-state index contributed by atoms with van der Waals surface area (Å²) in [5.41, 5.74) is 4.92. The Balaban J connectivity index is 1.53. The van der Waals surface area contributed by atoms with Crippen LogP contribution in [0.25, 0.3) is 0 Å². The monoisotopic (exact) mass is 476 g/mol. The number of anilines is 1. The van der Waals surface area contributed by atoms with Crippen LogP contribution in [0.15, 0.2) is 45.2 Å². The summed E-state index contributed by atoms with van der Waals surface area (Å²) in [5.74, 6) is -2.79. The molecule has 0 aromatic carbocycles. The van der Waals surface area contributed by atoms with Crippen molar-refractivity contribution in [2.24, 2.45) is 12.2 Å². The summed E-state index contributed by atoms with van der Waals surface area (Å²) in [5, 5.41) is 24.5. The van der Waals surface area contributed by atoms with E-state index in [1.54, 1.807) is 0 Å². The van der Waals surface area contributed by atoms with E-state index in [1.807, 2.05) is 36.1 Å². The van der Waals surface area contributed by atoms with Gasteiger partial charge in [0.2, 0.25) is 11.5 Å². The lowest BCUT2D eigenvalue weighted by atomic mass is 9.86. The Labute approximate surface area is 189 Å². The minimum atomic E-state index is -1.21. The summed E-state index contributed by atoms with van der Waals surface area (Å²) in [4.78, 5) is 43.7. The third-order valence-corrected chi connectivity index (χ3v) is 6.67. The van der Waals surface area contributed by atoms with Gasteiger partial charge in [-0.1, -0.05) is 16.9 Å². The quantitative estimate of drug-likeness (QED) is 0.143. The molecule has 2 aromatic rings. The molecule has 14 heteroatoms. The van der Waals surface area contributed by atoms with Crippen molar-refractivity contribution in [3.05, 3.63) is 41.0 Å². The number of aromatic nitrogens is 3. The number of aryl methyl sites for hydroxylation is 1. The summed E-state index contributed by atoms with van der Waals surface area (Å²) in [6, 6.07) is 2.23. The van der Waals surface area contributed by atoms with Crippen molar-refractivity contribution >= 4 is 51.9 Å². The van der Waals surface area contributed by atoms with E-state index in [9.17, 15) is 24.7 Å². The largest absolute Gasteiger partial charge is 0.477 e. The zero-order chi connectivity index (χ0) is 23.0. The van der Waals surface area contributed by atoms with Crippen molar-refractivity contribution in [3.8, 4) is 0 Å². The molecule has 2 amide bonds. The van der Waals surface area contributed by atoms with Gasteiger partial charge in [-0.05, 0) is 18.9 Å². The van der Waals surface area contributed by atoms with E-state index in [-0.39, 0.29) is 16.7 Å². The highest BCUT2D eigenvalue weighted by Crippen LogP contribution is 2.42. The van der Waals surface area contributed by atoms with Crippen LogP contribution in [0.3, 0.4) is 0 Å². The highest BCUT2D eigenvalue weighted by atomic mass is 32.2. The molecule has 2 aliphatic heterocycles. The molecular weight excluding hydrogens is 458 g/mol. The van der Waals surface area contributed by atoms with Gasteiger partial charge in [-0.15, -0.1) is 0 Å². The number of hydrogen-bond donors (Lipinski definition) is 4. The lowest BCUT2D eigenvalue weighted by Gasteiger charge is -2.50. The molecule has 0 saturated carbocycles. The van der Waals surface area contributed by atoms with Crippen LogP contribution in [0.4, 0.5) is 5.13 Å². The SMILES string of the molecule is C[n+]1cccc(SC2=C(C(=O)O)N3C(=O)[C@@H](NC(=O)/C(=N\O)c4nsc(N)n4)[C@H]3CC2)c1. The molecule has 4 heterocycles. The fraction of sp³-hybridized carbons (Fsp3) is 0.278. The standard InChI is InChI=1S/C18H17N7O5S2/c1-24-6-2-3-8(7-24)31-10-5-4-9-11(16(27)25(9)13(10)17(28)29)20-15(26)12(22-30)14-21-18(19)32-23-14/h2-3,6-7,9,11H,4-5H2,1H3,(H4-,19,20,21,23,26,28,29,30)/p+1/t9-,11+/m1/s1. The second-order valence-corrected chi connectivity index (χ2v) is 9.01. The zero-order valence-corrected chi connectivity index (χ0v) is 18.3.